The zero-order valence-electron chi connectivity index (χ0n) is 15.8. The summed E-state index contributed by atoms with van der Waals surface area (Å²) in [5.74, 6) is 0.297. The molecule has 3 amide bonds. The number of rotatable bonds is 3. The molecule has 1 aliphatic rings. The Bertz CT molecular complexity index is 977. The number of amides is 3. The second-order valence-electron chi connectivity index (χ2n) is 6.77. The fourth-order valence-corrected chi connectivity index (χ4v) is 3.39. The van der Waals surface area contributed by atoms with Crippen molar-refractivity contribution in [3.63, 3.8) is 0 Å². The van der Waals surface area contributed by atoms with E-state index in [0.717, 1.165) is 16.8 Å². The van der Waals surface area contributed by atoms with Crippen molar-refractivity contribution in [2.75, 3.05) is 18.4 Å². The summed E-state index contributed by atoms with van der Waals surface area (Å²) in [5.41, 5.74) is 2.61. The van der Waals surface area contributed by atoms with Crippen LogP contribution in [0.25, 0.3) is 11.3 Å². The molecule has 7 heteroatoms. The highest BCUT2D eigenvalue weighted by atomic mass is 16.2. The minimum Gasteiger partial charge on any atom is -0.354 e. The summed E-state index contributed by atoms with van der Waals surface area (Å²) < 4.78 is 0. The van der Waals surface area contributed by atoms with E-state index in [0.29, 0.717) is 18.9 Å². The molecule has 0 radical (unpaired) electrons. The van der Waals surface area contributed by atoms with Crippen molar-refractivity contribution >= 4 is 17.8 Å². The molecule has 2 heterocycles. The van der Waals surface area contributed by atoms with E-state index in [1.54, 1.807) is 11.0 Å². The molecule has 1 fully saturated rings. The van der Waals surface area contributed by atoms with Crippen LogP contribution in [0.4, 0.5) is 10.6 Å². The summed E-state index contributed by atoms with van der Waals surface area (Å²) in [5, 5.41) is 14.0. The number of hydrogen-bond donors (Lipinski definition) is 2. The van der Waals surface area contributed by atoms with Crippen molar-refractivity contribution in [3.05, 3.63) is 78.4 Å². The second kappa shape index (κ2) is 8.52. The van der Waals surface area contributed by atoms with Crippen LogP contribution in [-0.4, -0.2) is 40.1 Å². The van der Waals surface area contributed by atoms with Gasteiger partial charge in [0.15, 0.2) is 5.82 Å². The average molecular weight is 387 g/mol. The van der Waals surface area contributed by atoms with Crippen molar-refractivity contribution < 1.29 is 9.59 Å². The van der Waals surface area contributed by atoms with Gasteiger partial charge in [-0.1, -0.05) is 60.7 Å². The van der Waals surface area contributed by atoms with Gasteiger partial charge in [0, 0.05) is 18.7 Å². The third kappa shape index (κ3) is 4.40. The van der Waals surface area contributed by atoms with Gasteiger partial charge < -0.3 is 10.2 Å². The first-order valence-electron chi connectivity index (χ1n) is 9.49. The minimum atomic E-state index is -0.338. The number of benzene rings is 2. The van der Waals surface area contributed by atoms with Gasteiger partial charge in [-0.25, -0.2) is 4.79 Å². The molecule has 2 N–H and O–H groups in total. The number of carbonyl (C=O) groups excluding carboxylic acids is 2. The standard InChI is InChI=1S/C22H21N5O2/c28-21-15-19(17-9-5-2-6-10-17)27(14-13-23-21)22(29)24-20-12-11-18(25-26-20)16-7-3-1-4-8-16/h1-12,19H,13-15H2,(H,23,28)(H,24,26,29)/t19-/m1/s1. The van der Waals surface area contributed by atoms with Crippen molar-refractivity contribution in [1.82, 2.24) is 20.4 Å². The van der Waals surface area contributed by atoms with Crippen LogP contribution in [-0.2, 0) is 4.79 Å². The molecule has 1 aromatic heterocycles. The molecular weight excluding hydrogens is 366 g/mol. The van der Waals surface area contributed by atoms with Crippen LogP contribution >= 0.6 is 0 Å². The predicted molar refractivity (Wildman–Crippen MR) is 110 cm³/mol. The fraction of sp³-hybridized carbons (Fsp3) is 0.182. The molecule has 0 saturated carbocycles. The lowest BCUT2D eigenvalue weighted by Crippen LogP contribution is -2.39. The van der Waals surface area contributed by atoms with Gasteiger partial charge in [0.05, 0.1) is 18.2 Å². The largest absolute Gasteiger partial charge is 0.354 e. The Morgan fingerprint density at radius 2 is 1.69 bits per heavy atom. The van der Waals surface area contributed by atoms with Crippen molar-refractivity contribution in [1.29, 1.82) is 0 Å². The maximum Gasteiger partial charge on any atom is 0.323 e. The Balaban J connectivity index is 1.52. The number of hydrogen-bond acceptors (Lipinski definition) is 4. The van der Waals surface area contributed by atoms with E-state index in [4.69, 9.17) is 0 Å². The Labute approximate surface area is 168 Å². The topological polar surface area (TPSA) is 87.2 Å². The lowest BCUT2D eigenvalue weighted by atomic mass is 10.0. The van der Waals surface area contributed by atoms with Crippen LogP contribution in [0.2, 0.25) is 0 Å². The Hall–Kier alpha value is -3.74. The molecule has 0 unspecified atom stereocenters. The summed E-state index contributed by atoms with van der Waals surface area (Å²) in [7, 11) is 0. The van der Waals surface area contributed by atoms with Crippen LogP contribution in [0.3, 0.4) is 0 Å². The molecular formula is C22H21N5O2. The van der Waals surface area contributed by atoms with Crippen LogP contribution in [0.15, 0.2) is 72.8 Å². The van der Waals surface area contributed by atoms with Gasteiger partial charge in [0.25, 0.3) is 0 Å². The number of aromatic nitrogens is 2. The van der Waals surface area contributed by atoms with Crippen LogP contribution < -0.4 is 10.6 Å². The third-order valence-electron chi connectivity index (χ3n) is 4.84. The lowest BCUT2D eigenvalue weighted by Gasteiger charge is -2.29. The molecule has 3 aromatic rings. The normalized spacial score (nSPS) is 16.6. The average Bonchev–Trinajstić information content (AvgIpc) is 2.97. The Morgan fingerprint density at radius 3 is 2.38 bits per heavy atom. The summed E-state index contributed by atoms with van der Waals surface area (Å²) in [6.07, 6.45) is 0.218. The van der Waals surface area contributed by atoms with E-state index >= 15 is 0 Å². The highest BCUT2D eigenvalue weighted by Crippen LogP contribution is 2.26. The number of anilines is 1. The number of urea groups is 1. The zero-order chi connectivity index (χ0) is 20.1. The van der Waals surface area contributed by atoms with E-state index in [9.17, 15) is 9.59 Å². The molecule has 29 heavy (non-hydrogen) atoms. The third-order valence-corrected chi connectivity index (χ3v) is 4.84. The maximum atomic E-state index is 13.0. The van der Waals surface area contributed by atoms with E-state index in [1.165, 1.54) is 0 Å². The van der Waals surface area contributed by atoms with Crippen LogP contribution in [0.1, 0.15) is 18.0 Å². The van der Waals surface area contributed by atoms with E-state index in [1.807, 2.05) is 66.7 Å². The predicted octanol–water partition coefficient (Wildman–Crippen LogP) is 3.24. The second-order valence-corrected chi connectivity index (χ2v) is 6.77. The van der Waals surface area contributed by atoms with E-state index in [2.05, 4.69) is 20.8 Å². The van der Waals surface area contributed by atoms with Crippen LogP contribution in [0, 0.1) is 0 Å². The van der Waals surface area contributed by atoms with Gasteiger partial charge >= 0.3 is 6.03 Å². The molecule has 1 atom stereocenters. The highest BCUT2D eigenvalue weighted by Gasteiger charge is 2.30. The Morgan fingerprint density at radius 1 is 0.966 bits per heavy atom. The van der Waals surface area contributed by atoms with Gasteiger partial charge in [-0.05, 0) is 17.7 Å². The quantitative estimate of drug-likeness (QED) is 0.722. The first-order valence-corrected chi connectivity index (χ1v) is 9.49. The number of carbonyl (C=O) groups is 2. The molecule has 1 aliphatic heterocycles. The summed E-state index contributed by atoms with van der Waals surface area (Å²) in [6.45, 7) is 0.820. The lowest BCUT2D eigenvalue weighted by molar-refractivity contribution is -0.121. The van der Waals surface area contributed by atoms with Gasteiger partial charge in [0.1, 0.15) is 0 Å². The summed E-state index contributed by atoms with van der Waals surface area (Å²) in [4.78, 5) is 26.7. The molecule has 0 bridgehead atoms. The molecule has 0 spiro atoms. The van der Waals surface area contributed by atoms with Crippen molar-refractivity contribution in [3.8, 4) is 11.3 Å². The van der Waals surface area contributed by atoms with Crippen molar-refractivity contribution in [2.24, 2.45) is 0 Å². The minimum absolute atomic E-state index is 0.0684. The number of nitrogens with zero attached hydrogens (tertiary/aromatic N) is 3. The fourth-order valence-electron chi connectivity index (χ4n) is 3.39. The van der Waals surface area contributed by atoms with Gasteiger partial charge in [-0.2, -0.15) is 0 Å². The van der Waals surface area contributed by atoms with Crippen molar-refractivity contribution in [2.45, 2.75) is 12.5 Å². The van der Waals surface area contributed by atoms with Gasteiger partial charge in [-0.3, -0.25) is 10.1 Å². The smallest absolute Gasteiger partial charge is 0.323 e. The summed E-state index contributed by atoms with van der Waals surface area (Å²) in [6, 6.07) is 22.2. The summed E-state index contributed by atoms with van der Waals surface area (Å²) >= 11 is 0. The molecule has 0 aliphatic carbocycles. The first kappa shape index (κ1) is 18.6. The zero-order valence-corrected chi connectivity index (χ0v) is 15.8. The van der Waals surface area contributed by atoms with E-state index < -0.39 is 0 Å². The van der Waals surface area contributed by atoms with Gasteiger partial charge in [0.2, 0.25) is 5.91 Å². The monoisotopic (exact) mass is 387 g/mol. The number of nitrogens with one attached hydrogen (secondary N) is 2. The SMILES string of the molecule is O=C1C[C@H](c2ccccc2)N(C(=O)Nc2ccc(-c3ccccc3)nn2)CCN1. The molecule has 4 rings (SSSR count). The molecule has 2 aromatic carbocycles. The molecule has 7 nitrogen and oxygen atoms in total. The molecule has 1 saturated heterocycles. The Kier molecular flexibility index (Phi) is 5.47. The highest BCUT2D eigenvalue weighted by molar-refractivity contribution is 5.89. The first-order chi connectivity index (χ1) is 14.2. The molecule has 146 valence electrons. The van der Waals surface area contributed by atoms with E-state index in [-0.39, 0.29) is 24.4 Å². The maximum absolute atomic E-state index is 13.0. The van der Waals surface area contributed by atoms with Crippen LogP contribution in [0.5, 0.6) is 0 Å². The van der Waals surface area contributed by atoms with Gasteiger partial charge in [-0.15, -0.1) is 10.2 Å².